The first-order chi connectivity index (χ1) is 10.2. The molecule has 0 aliphatic heterocycles. The van der Waals surface area contributed by atoms with Crippen LogP contribution in [-0.2, 0) is 17.8 Å². The molecule has 0 aromatic carbocycles. The van der Waals surface area contributed by atoms with Gasteiger partial charge in [-0.25, -0.2) is 9.50 Å². The zero-order valence-corrected chi connectivity index (χ0v) is 12.4. The normalized spacial score (nSPS) is 10.9. The van der Waals surface area contributed by atoms with Gasteiger partial charge in [-0.05, 0) is 25.0 Å². The van der Waals surface area contributed by atoms with E-state index in [1.165, 1.54) is 11.3 Å². The van der Waals surface area contributed by atoms with Gasteiger partial charge in [0.1, 0.15) is 5.01 Å². The number of hydrogen-bond donors (Lipinski definition) is 1. The lowest BCUT2D eigenvalue weighted by atomic mass is 10.1. The van der Waals surface area contributed by atoms with Crippen molar-refractivity contribution in [1.82, 2.24) is 24.9 Å². The molecule has 0 radical (unpaired) electrons. The molecule has 3 aromatic rings. The Kier molecular flexibility index (Phi) is 3.92. The molecule has 3 aromatic heterocycles. The minimum Gasteiger partial charge on any atom is -0.350 e. The highest BCUT2D eigenvalue weighted by Gasteiger charge is 2.07. The largest absolute Gasteiger partial charge is 0.350 e. The molecule has 0 unspecified atom stereocenters. The number of hydrogen-bond acceptors (Lipinski definition) is 5. The van der Waals surface area contributed by atoms with Crippen LogP contribution < -0.4 is 5.32 Å². The molecule has 1 N–H and O–H groups in total. The third-order valence-corrected chi connectivity index (χ3v) is 3.86. The zero-order chi connectivity index (χ0) is 14.7. The maximum absolute atomic E-state index is 11.8. The first-order valence-electron chi connectivity index (χ1n) is 6.68. The minimum absolute atomic E-state index is 0.0133. The molecule has 3 heterocycles. The second-order valence-electron chi connectivity index (χ2n) is 4.72. The maximum Gasteiger partial charge on any atom is 0.220 e. The van der Waals surface area contributed by atoms with Gasteiger partial charge in [0, 0.05) is 18.8 Å². The van der Waals surface area contributed by atoms with Crippen molar-refractivity contribution in [3.05, 3.63) is 47.0 Å². The molecule has 0 saturated heterocycles. The smallest absolute Gasteiger partial charge is 0.220 e. The van der Waals surface area contributed by atoms with Gasteiger partial charge in [0.15, 0.2) is 0 Å². The molecule has 0 aliphatic rings. The Balaban J connectivity index is 1.50. The molecule has 1 amide bonds. The number of rotatable bonds is 5. The summed E-state index contributed by atoms with van der Waals surface area (Å²) >= 11 is 1.54. The number of pyridine rings is 1. The van der Waals surface area contributed by atoms with Crippen LogP contribution in [0.4, 0.5) is 0 Å². The first-order valence-corrected chi connectivity index (χ1v) is 7.49. The van der Waals surface area contributed by atoms with Gasteiger partial charge in [-0.3, -0.25) is 9.78 Å². The summed E-state index contributed by atoms with van der Waals surface area (Å²) in [6, 6.07) is 3.85. The van der Waals surface area contributed by atoms with Crippen LogP contribution in [-0.4, -0.2) is 25.5 Å². The minimum atomic E-state index is 0.0133. The van der Waals surface area contributed by atoms with E-state index in [2.05, 4.69) is 20.4 Å². The molecule has 0 saturated carbocycles. The van der Waals surface area contributed by atoms with E-state index in [1.807, 2.05) is 25.3 Å². The van der Waals surface area contributed by atoms with Crippen molar-refractivity contribution in [2.45, 2.75) is 26.3 Å². The number of aromatic nitrogens is 4. The van der Waals surface area contributed by atoms with Crippen LogP contribution in [0.25, 0.3) is 4.96 Å². The fraction of sp³-hybridized carbons (Fsp3) is 0.286. The summed E-state index contributed by atoms with van der Waals surface area (Å²) in [7, 11) is 0. The molecular weight excluding hydrogens is 286 g/mol. The molecule has 0 fully saturated rings. The van der Waals surface area contributed by atoms with Gasteiger partial charge in [0.2, 0.25) is 10.9 Å². The number of fused-ring (bicyclic) bond motifs is 1. The Morgan fingerprint density at radius 2 is 2.38 bits per heavy atom. The average molecular weight is 301 g/mol. The first kappa shape index (κ1) is 13.7. The number of carbonyl (C=O) groups is 1. The predicted molar refractivity (Wildman–Crippen MR) is 80.0 cm³/mol. The van der Waals surface area contributed by atoms with E-state index in [0.717, 1.165) is 21.2 Å². The van der Waals surface area contributed by atoms with Crippen molar-refractivity contribution in [2.24, 2.45) is 0 Å². The summed E-state index contributed by atoms with van der Waals surface area (Å²) in [6.07, 6.45) is 6.50. The van der Waals surface area contributed by atoms with Crippen LogP contribution in [0, 0.1) is 6.92 Å². The van der Waals surface area contributed by atoms with Crippen LogP contribution in [0.15, 0.2) is 30.7 Å². The quantitative estimate of drug-likeness (QED) is 0.779. The number of nitrogens with one attached hydrogen (secondary N) is 1. The maximum atomic E-state index is 11.8. The van der Waals surface area contributed by atoms with Gasteiger partial charge >= 0.3 is 0 Å². The Hall–Kier alpha value is -2.28. The van der Waals surface area contributed by atoms with E-state index >= 15 is 0 Å². The summed E-state index contributed by atoms with van der Waals surface area (Å²) in [4.78, 5) is 21.1. The monoisotopic (exact) mass is 301 g/mol. The van der Waals surface area contributed by atoms with Crippen LogP contribution in [0.5, 0.6) is 0 Å². The van der Waals surface area contributed by atoms with Gasteiger partial charge in [0.25, 0.3) is 0 Å². The summed E-state index contributed by atoms with van der Waals surface area (Å²) in [5.41, 5.74) is 1.89. The summed E-state index contributed by atoms with van der Waals surface area (Å²) in [6.45, 7) is 2.38. The number of aryl methyl sites for hydroxylation is 2. The highest BCUT2D eigenvalue weighted by Crippen LogP contribution is 2.13. The number of imidazole rings is 1. The lowest BCUT2D eigenvalue weighted by Crippen LogP contribution is -2.23. The molecule has 108 valence electrons. The van der Waals surface area contributed by atoms with E-state index in [-0.39, 0.29) is 5.91 Å². The van der Waals surface area contributed by atoms with Crippen molar-refractivity contribution in [2.75, 3.05) is 0 Å². The van der Waals surface area contributed by atoms with Gasteiger partial charge < -0.3 is 5.32 Å². The Morgan fingerprint density at radius 1 is 1.48 bits per heavy atom. The van der Waals surface area contributed by atoms with E-state index in [0.29, 0.717) is 19.4 Å². The van der Waals surface area contributed by atoms with Crippen LogP contribution in [0.3, 0.4) is 0 Å². The second-order valence-corrected chi connectivity index (χ2v) is 5.88. The van der Waals surface area contributed by atoms with Crippen molar-refractivity contribution in [1.29, 1.82) is 0 Å². The highest BCUT2D eigenvalue weighted by molar-refractivity contribution is 7.16. The summed E-state index contributed by atoms with van der Waals surface area (Å²) in [5, 5.41) is 8.14. The summed E-state index contributed by atoms with van der Waals surface area (Å²) in [5.74, 6) is 0.0133. The van der Waals surface area contributed by atoms with Gasteiger partial charge in [-0.15, -0.1) is 0 Å². The van der Waals surface area contributed by atoms with Crippen molar-refractivity contribution >= 4 is 22.2 Å². The molecule has 0 bridgehead atoms. The molecule has 0 spiro atoms. The van der Waals surface area contributed by atoms with E-state index in [1.54, 1.807) is 16.9 Å². The molecule has 6 nitrogen and oxygen atoms in total. The van der Waals surface area contributed by atoms with E-state index in [4.69, 9.17) is 0 Å². The lowest BCUT2D eigenvalue weighted by molar-refractivity contribution is -0.121. The molecular formula is C14H15N5OS. The SMILES string of the molecule is Cc1nn2cc(CNC(=O)CCc3cccnc3)nc2s1. The standard InChI is InChI=1S/C14H15N5OS/c1-10-18-19-9-12(17-14(19)21-10)8-16-13(20)5-4-11-3-2-6-15-7-11/h2-3,6-7,9H,4-5,8H2,1H3,(H,16,20). The molecule has 3 rings (SSSR count). The Bertz CT molecular complexity index is 718. The molecule has 21 heavy (non-hydrogen) atoms. The van der Waals surface area contributed by atoms with Gasteiger partial charge in [-0.2, -0.15) is 5.10 Å². The highest BCUT2D eigenvalue weighted by atomic mass is 32.1. The van der Waals surface area contributed by atoms with Crippen molar-refractivity contribution in [3.8, 4) is 0 Å². The van der Waals surface area contributed by atoms with Crippen molar-refractivity contribution in [3.63, 3.8) is 0 Å². The molecule has 0 atom stereocenters. The van der Waals surface area contributed by atoms with Crippen LogP contribution >= 0.6 is 11.3 Å². The molecule has 7 heteroatoms. The summed E-state index contributed by atoms with van der Waals surface area (Å²) < 4.78 is 1.75. The third kappa shape index (κ3) is 3.43. The average Bonchev–Trinajstić information content (AvgIpc) is 3.01. The zero-order valence-electron chi connectivity index (χ0n) is 11.6. The Labute approximate surface area is 125 Å². The number of amides is 1. The van der Waals surface area contributed by atoms with Gasteiger partial charge in [0.05, 0.1) is 18.4 Å². The second kappa shape index (κ2) is 6.01. The van der Waals surface area contributed by atoms with Crippen LogP contribution in [0.2, 0.25) is 0 Å². The molecule has 0 aliphatic carbocycles. The van der Waals surface area contributed by atoms with Crippen LogP contribution in [0.1, 0.15) is 22.7 Å². The number of carbonyl (C=O) groups excluding carboxylic acids is 1. The third-order valence-electron chi connectivity index (χ3n) is 3.02. The predicted octanol–water partition coefficient (Wildman–Crippen LogP) is 1.74. The number of nitrogens with zero attached hydrogens (tertiary/aromatic N) is 4. The fourth-order valence-corrected chi connectivity index (χ4v) is 2.75. The van der Waals surface area contributed by atoms with Crippen molar-refractivity contribution < 1.29 is 4.79 Å². The topological polar surface area (TPSA) is 72.2 Å². The van der Waals surface area contributed by atoms with Gasteiger partial charge in [-0.1, -0.05) is 17.4 Å². The van der Waals surface area contributed by atoms with E-state index in [9.17, 15) is 4.79 Å². The van der Waals surface area contributed by atoms with E-state index < -0.39 is 0 Å². The fourth-order valence-electron chi connectivity index (χ4n) is 2.01. The lowest BCUT2D eigenvalue weighted by Gasteiger charge is -2.03. The Morgan fingerprint density at radius 3 is 3.14 bits per heavy atom.